The lowest BCUT2D eigenvalue weighted by Crippen LogP contribution is -2.17. The van der Waals surface area contributed by atoms with Crippen molar-refractivity contribution in [2.45, 2.75) is 46.5 Å². The zero-order chi connectivity index (χ0) is 12.0. The lowest BCUT2D eigenvalue weighted by molar-refractivity contribution is 0.186. The standard InChI is InChI=1S/C15H24O/c1-13-6-4-7-14(2)9-11-15(3,12-16)10-5-8-13/h5-6,9-10,16H,4,7-8,11-12H2,1-3H3/b10-5+,13-6+,14-9+. The fourth-order valence-electron chi connectivity index (χ4n) is 1.85. The fourth-order valence-corrected chi connectivity index (χ4v) is 1.85. The third kappa shape index (κ3) is 4.36. The molecular formula is C15H24O. The van der Waals surface area contributed by atoms with Gasteiger partial charge in [-0.3, -0.25) is 0 Å². The maximum atomic E-state index is 9.46. The average Bonchev–Trinajstić information content (AvgIpc) is 2.28. The van der Waals surface area contributed by atoms with Gasteiger partial charge in [0.25, 0.3) is 0 Å². The highest BCUT2D eigenvalue weighted by Crippen LogP contribution is 2.26. The number of rotatable bonds is 1. The van der Waals surface area contributed by atoms with E-state index in [1.54, 1.807) is 0 Å². The highest BCUT2D eigenvalue weighted by molar-refractivity contribution is 5.12. The highest BCUT2D eigenvalue weighted by atomic mass is 16.3. The summed E-state index contributed by atoms with van der Waals surface area (Å²) in [6.45, 7) is 6.69. The van der Waals surface area contributed by atoms with E-state index in [9.17, 15) is 5.11 Å². The van der Waals surface area contributed by atoms with Gasteiger partial charge in [0.15, 0.2) is 0 Å². The van der Waals surface area contributed by atoms with E-state index in [4.69, 9.17) is 0 Å². The van der Waals surface area contributed by atoms with Crippen LogP contribution in [0.5, 0.6) is 0 Å². The van der Waals surface area contributed by atoms with Crippen molar-refractivity contribution in [3.05, 3.63) is 35.5 Å². The maximum Gasteiger partial charge on any atom is 0.0522 e. The minimum absolute atomic E-state index is 0.0914. The first kappa shape index (κ1) is 13.2. The van der Waals surface area contributed by atoms with Crippen LogP contribution in [0, 0.1) is 5.41 Å². The summed E-state index contributed by atoms with van der Waals surface area (Å²) in [4.78, 5) is 0. The Hall–Kier alpha value is -0.820. The SMILES string of the molecule is C/C1=C\CC/C(C)=C/CC(C)(CO)/C=C/C1. The second-order valence-corrected chi connectivity index (χ2v) is 5.26. The van der Waals surface area contributed by atoms with Crippen LogP contribution in [0.1, 0.15) is 46.5 Å². The molecule has 16 heavy (non-hydrogen) atoms. The molecule has 0 aliphatic heterocycles. The van der Waals surface area contributed by atoms with Crippen molar-refractivity contribution < 1.29 is 5.11 Å². The van der Waals surface area contributed by atoms with Gasteiger partial charge in [-0.1, -0.05) is 42.4 Å². The van der Waals surface area contributed by atoms with Gasteiger partial charge in [0.05, 0.1) is 6.61 Å². The van der Waals surface area contributed by atoms with Crippen LogP contribution in [0.25, 0.3) is 0 Å². The molecule has 90 valence electrons. The quantitative estimate of drug-likeness (QED) is 0.662. The lowest BCUT2D eigenvalue weighted by atomic mass is 9.86. The van der Waals surface area contributed by atoms with Gasteiger partial charge in [0, 0.05) is 5.41 Å². The monoisotopic (exact) mass is 220 g/mol. The molecule has 0 bridgehead atoms. The van der Waals surface area contributed by atoms with E-state index in [-0.39, 0.29) is 12.0 Å². The van der Waals surface area contributed by atoms with Gasteiger partial charge in [-0.2, -0.15) is 0 Å². The van der Waals surface area contributed by atoms with E-state index < -0.39 is 0 Å². The zero-order valence-electron chi connectivity index (χ0n) is 10.8. The number of hydrogen-bond donors (Lipinski definition) is 1. The van der Waals surface area contributed by atoms with Crippen LogP contribution < -0.4 is 0 Å². The molecule has 0 aromatic heterocycles. The summed E-state index contributed by atoms with van der Waals surface area (Å²) < 4.78 is 0. The third-order valence-corrected chi connectivity index (χ3v) is 3.27. The number of aliphatic hydroxyl groups excluding tert-OH is 1. The minimum Gasteiger partial charge on any atom is -0.395 e. The molecule has 0 aromatic carbocycles. The predicted molar refractivity (Wildman–Crippen MR) is 70.3 cm³/mol. The van der Waals surface area contributed by atoms with Crippen LogP contribution >= 0.6 is 0 Å². The van der Waals surface area contributed by atoms with Crippen molar-refractivity contribution >= 4 is 0 Å². The molecule has 1 aliphatic carbocycles. The number of hydrogen-bond acceptors (Lipinski definition) is 1. The molecule has 1 unspecified atom stereocenters. The van der Waals surface area contributed by atoms with E-state index in [1.165, 1.54) is 11.1 Å². The first-order chi connectivity index (χ1) is 7.56. The maximum absolute atomic E-state index is 9.46. The summed E-state index contributed by atoms with van der Waals surface area (Å²) >= 11 is 0. The normalized spacial score (nSPS) is 36.5. The molecule has 0 heterocycles. The first-order valence-electron chi connectivity index (χ1n) is 6.15. The first-order valence-corrected chi connectivity index (χ1v) is 6.15. The Balaban J connectivity index is 2.84. The van der Waals surface area contributed by atoms with Crippen LogP contribution in [0.4, 0.5) is 0 Å². The van der Waals surface area contributed by atoms with Crippen molar-refractivity contribution in [1.82, 2.24) is 0 Å². The Morgan fingerprint density at radius 1 is 1.25 bits per heavy atom. The van der Waals surface area contributed by atoms with Gasteiger partial charge in [0.2, 0.25) is 0 Å². The van der Waals surface area contributed by atoms with Crippen molar-refractivity contribution in [2.75, 3.05) is 6.61 Å². The Bertz CT molecular complexity index is 309. The molecule has 1 N–H and O–H groups in total. The predicted octanol–water partition coefficient (Wildman–Crippen LogP) is 4.01. The van der Waals surface area contributed by atoms with Gasteiger partial charge < -0.3 is 5.11 Å². The Morgan fingerprint density at radius 3 is 2.69 bits per heavy atom. The van der Waals surface area contributed by atoms with Crippen molar-refractivity contribution in [3.8, 4) is 0 Å². The van der Waals surface area contributed by atoms with Gasteiger partial charge in [-0.15, -0.1) is 0 Å². The molecule has 1 rings (SSSR count). The van der Waals surface area contributed by atoms with Gasteiger partial charge in [-0.25, -0.2) is 0 Å². The molecule has 1 aliphatic rings. The molecule has 0 spiro atoms. The molecule has 0 radical (unpaired) electrons. The summed E-state index contributed by atoms with van der Waals surface area (Å²) in [6, 6.07) is 0. The van der Waals surface area contributed by atoms with E-state index in [1.807, 2.05) is 0 Å². The van der Waals surface area contributed by atoms with Crippen molar-refractivity contribution in [3.63, 3.8) is 0 Å². The zero-order valence-corrected chi connectivity index (χ0v) is 10.8. The minimum atomic E-state index is -0.0914. The fraction of sp³-hybridized carbons (Fsp3) is 0.600. The van der Waals surface area contributed by atoms with Crippen LogP contribution in [0.2, 0.25) is 0 Å². The van der Waals surface area contributed by atoms with Gasteiger partial charge in [-0.05, 0) is 39.5 Å². The summed E-state index contributed by atoms with van der Waals surface area (Å²) in [5.41, 5.74) is 2.76. The van der Waals surface area contributed by atoms with Crippen molar-refractivity contribution in [2.24, 2.45) is 5.41 Å². The number of allylic oxidation sites excluding steroid dienone is 5. The van der Waals surface area contributed by atoms with E-state index in [0.717, 1.165) is 25.7 Å². The smallest absolute Gasteiger partial charge is 0.0522 e. The summed E-state index contributed by atoms with van der Waals surface area (Å²) in [7, 11) is 0. The average molecular weight is 220 g/mol. The van der Waals surface area contributed by atoms with Crippen LogP contribution in [0.3, 0.4) is 0 Å². The molecule has 1 nitrogen and oxygen atoms in total. The van der Waals surface area contributed by atoms with E-state index >= 15 is 0 Å². The molecule has 0 saturated heterocycles. The lowest BCUT2D eigenvalue weighted by Gasteiger charge is -2.21. The molecule has 0 fully saturated rings. The van der Waals surface area contributed by atoms with Crippen LogP contribution in [-0.2, 0) is 0 Å². The topological polar surface area (TPSA) is 20.2 Å². The summed E-state index contributed by atoms with van der Waals surface area (Å²) in [5.74, 6) is 0. The van der Waals surface area contributed by atoms with Gasteiger partial charge >= 0.3 is 0 Å². The number of aliphatic hydroxyl groups is 1. The molecule has 0 amide bonds. The van der Waals surface area contributed by atoms with E-state index in [0.29, 0.717) is 0 Å². The van der Waals surface area contributed by atoms with Crippen LogP contribution in [-0.4, -0.2) is 11.7 Å². The largest absolute Gasteiger partial charge is 0.395 e. The molecule has 0 saturated carbocycles. The molecule has 0 aromatic rings. The van der Waals surface area contributed by atoms with E-state index in [2.05, 4.69) is 45.1 Å². The molecule has 1 atom stereocenters. The Morgan fingerprint density at radius 2 is 2.00 bits per heavy atom. The molecular weight excluding hydrogens is 196 g/mol. The second kappa shape index (κ2) is 6.05. The third-order valence-electron chi connectivity index (χ3n) is 3.27. The summed E-state index contributed by atoms with van der Waals surface area (Å²) in [6.07, 6.45) is 13.2. The second-order valence-electron chi connectivity index (χ2n) is 5.26. The van der Waals surface area contributed by atoms with Gasteiger partial charge in [0.1, 0.15) is 0 Å². The highest BCUT2D eigenvalue weighted by Gasteiger charge is 2.18. The van der Waals surface area contributed by atoms with Crippen molar-refractivity contribution in [1.29, 1.82) is 0 Å². The Kier molecular flexibility index (Phi) is 5.01. The Labute approximate surface area is 99.6 Å². The van der Waals surface area contributed by atoms with Crippen LogP contribution in [0.15, 0.2) is 35.5 Å². The molecule has 1 heteroatoms. The summed E-state index contributed by atoms with van der Waals surface area (Å²) in [5, 5.41) is 9.46.